The highest BCUT2D eigenvalue weighted by Crippen LogP contribution is 2.39. The summed E-state index contributed by atoms with van der Waals surface area (Å²) in [4.78, 5) is 94.4. The molecule has 14 heteroatoms. The molecule has 2 N–H and O–H groups in total. The molecule has 8 bridgehead atoms. The predicted molar refractivity (Wildman–Crippen MR) is 188 cm³/mol. The lowest BCUT2D eigenvalue weighted by molar-refractivity contribution is -0.142. The Hall–Kier alpha value is -5.66. The van der Waals surface area contributed by atoms with Crippen LogP contribution in [0.25, 0.3) is 22.1 Å². The van der Waals surface area contributed by atoms with Gasteiger partial charge in [-0.2, -0.15) is 0 Å². The zero-order chi connectivity index (χ0) is 38.1. The second-order valence-corrected chi connectivity index (χ2v) is 13.4. The highest BCUT2D eigenvalue weighted by molar-refractivity contribution is 6.09. The molecule has 0 amide bonds. The molecule has 2 atom stereocenters. The van der Waals surface area contributed by atoms with Gasteiger partial charge in [-0.05, 0) is 87.1 Å². The number of ether oxygens (including phenoxy) is 4. The standard InChI is InChI=1S/C38H42N4O10/c1-19-21(9-11-31(43)49-5)25-14-26-22(10-12-32(44)50-6)20(2)24(40-26)15-29-37(3,17-33(45)51-7)36(48)28(42-29)16-30-38(4,18-34(46)52-8)35(47)27(41-30)13-23(19)39-25/h13-16,39-40H,9-12,17-18H2,1-8H3/t37-,38-/m1/s1. The molecule has 3 aromatic rings. The summed E-state index contributed by atoms with van der Waals surface area (Å²) in [5, 5.41) is 0. The molecule has 2 aliphatic heterocycles. The highest BCUT2D eigenvalue weighted by Gasteiger charge is 2.48. The van der Waals surface area contributed by atoms with Gasteiger partial charge in [-0.25, -0.2) is 9.97 Å². The fourth-order valence-electron chi connectivity index (χ4n) is 6.79. The fourth-order valence-corrected chi connectivity index (χ4v) is 6.79. The number of nitrogens with zero attached hydrogens (tertiary/aromatic N) is 2. The van der Waals surface area contributed by atoms with Crippen molar-refractivity contribution in [1.82, 2.24) is 19.9 Å². The van der Waals surface area contributed by atoms with Gasteiger partial charge in [0, 0.05) is 34.9 Å². The van der Waals surface area contributed by atoms with Crippen molar-refractivity contribution in [3.05, 3.63) is 69.3 Å². The third kappa shape index (κ3) is 6.84. The molecule has 0 spiro atoms. The first-order valence-corrected chi connectivity index (χ1v) is 16.7. The number of aromatic nitrogens is 4. The van der Waals surface area contributed by atoms with Crippen molar-refractivity contribution in [1.29, 1.82) is 0 Å². The maximum atomic E-state index is 14.2. The largest absolute Gasteiger partial charge is 0.469 e. The fraction of sp³-hybridized carbons (Fsp3) is 0.421. The van der Waals surface area contributed by atoms with Gasteiger partial charge in [0.1, 0.15) is 11.4 Å². The van der Waals surface area contributed by atoms with E-state index in [0.29, 0.717) is 34.9 Å². The second kappa shape index (κ2) is 14.5. The van der Waals surface area contributed by atoms with E-state index in [2.05, 4.69) is 15.0 Å². The van der Waals surface area contributed by atoms with Gasteiger partial charge in [0.2, 0.25) is 0 Å². The number of methoxy groups -OCH3 is 4. The molecule has 0 fully saturated rings. The summed E-state index contributed by atoms with van der Waals surface area (Å²) in [6, 6.07) is 6.51. The molecule has 0 saturated heterocycles. The molecule has 5 heterocycles. The molecule has 0 unspecified atom stereocenters. The molecule has 0 radical (unpaired) electrons. The molecule has 3 aromatic heterocycles. The van der Waals surface area contributed by atoms with E-state index in [-0.39, 0.29) is 48.5 Å². The number of ketones is 2. The summed E-state index contributed by atoms with van der Waals surface area (Å²) in [6.45, 7) is 6.88. The van der Waals surface area contributed by atoms with Crippen LogP contribution in [-0.2, 0) is 61.8 Å². The van der Waals surface area contributed by atoms with Crippen molar-refractivity contribution >= 4 is 57.5 Å². The number of hydrogen-bond acceptors (Lipinski definition) is 12. The van der Waals surface area contributed by atoms with Crippen molar-refractivity contribution in [2.45, 2.75) is 77.0 Å². The number of H-pyrrole nitrogens is 2. The SMILES string of the molecule is COC(=O)CCc1c(C)c2cc3nc(cc4nc(cc5[nH]c(cc1[nH]2)c(CCC(=O)OC)c5C)[C@@](C)(CC(=O)OC)C4=O)[C@@](C)(CC(=O)OC)C3=O. The van der Waals surface area contributed by atoms with Crippen LogP contribution in [0.4, 0.5) is 0 Å². The molecule has 2 aliphatic rings. The van der Waals surface area contributed by atoms with E-state index in [9.17, 15) is 28.8 Å². The quantitative estimate of drug-likeness (QED) is 0.220. The number of aryl methyl sites for hydroxylation is 4. The maximum Gasteiger partial charge on any atom is 0.306 e. The minimum atomic E-state index is -1.51. The molecule has 5 rings (SSSR count). The molecular formula is C38H42N4O10. The van der Waals surface area contributed by atoms with Gasteiger partial charge < -0.3 is 28.9 Å². The number of nitrogens with one attached hydrogen (secondary N) is 2. The van der Waals surface area contributed by atoms with Crippen molar-refractivity contribution < 1.29 is 47.7 Å². The van der Waals surface area contributed by atoms with Crippen LogP contribution in [0.3, 0.4) is 0 Å². The van der Waals surface area contributed by atoms with Crippen LogP contribution >= 0.6 is 0 Å². The number of rotatable bonds is 10. The minimum Gasteiger partial charge on any atom is -0.469 e. The van der Waals surface area contributed by atoms with Crippen LogP contribution in [0.5, 0.6) is 0 Å². The van der Waals surface area contributed by atoms with Crippen LogP contribution in [0.15, 0.2) is 24.3 Å². The van der Waals surface area contributed by atoms with Gasteiger partial charge in [0.05, 0.1) is 63.5 Å². The van der Waals surface area contributed by atoms with Crippen LogP contribution in [0.1, 0.15) is 94.1 Å². The molecule has 52 heavy (non-hydrogen) atoms. The number of fused-ring (bicyclic) bond motifs is 8. The summed E-state index contributed by atoms with van der Waals surface area (Å²) < 4.78 is 19.7. The summed E-state index contributed by atoms with van der Waals surface area (Å²) in [5.74, 6) is -3.06. The Labute approximate surface area is 299 Å². The van der Waals surface area contributed by atoms with E-state index < -0.39 is 46.3 Å². The third-order valence-electron chi connectivity index (χ3n) is 10.2. The second-order valence-electron chi connectivity index (χ2n) is 13.4. The Bertz CT molecular complexity index is 2180. The maximum absolute atomic E-state index is 14.2. The van der Waals surface area contributed by atoms with Gasteiger partial charge in [-0.3, -0.25) is 28.8 Å². The Morgan fingerprint density at radius 1 is 0.577 bits per heavy atom. The first-order valence-electron chi connectivity index (χ1n) is 16.7. The van der Waals surface area contributed by atoms with Crippen molar-refractivity contribution in [3.63, 3.8) is 0 Å². The zero-order valence-electron chi connectivity index (χ0n) is 30.5. The number of carbonyl (C=O) groups is 6. The van der Waals surface area contributed by atoms with Crippen molar-refractivity contribution in [3.8, 4) is 0 Å². The average Bonchev–Trinajstić information content (AvgIpc) is 3.73. The smallest absolute Gasteiger partial charge is 0.306 e. The van der Waals surface area contributed by atoms with E-state index in [1.54, 1.807) is 26.0 Å². The van der Waals surface area contributed by atoms with E-state index in [4.69, 9.17) is 23.9 Å². The van der Waals surface area contributed by atoms with E-state index >= 15 is 0 Å². The summed E-state index contributed by atoms with van der Waals surface area (Å²) in [7, 11) is 5.08. The monoisotopic (exact) mass is 714 g/mol. The Kier molecular flexibility index (Phi) is 10.5. The topological polar surface area (TPSA) is 197 Å². The van der Waals surface area contributed by atoms with Crippen molar-refractivity contribution in [2.24, 2.45) is 0 Å². The van der Waals surface area contributed by atoms with Crippen molar-refractivity contribution in [2.75, 3.05) is 28.4 Å². The lowest BCUT2D eigenvalue weighted by Gasteiger charge is -2.21. The molecule has 0 aliphatic carbocycles. The number of Topliss-reactive ketones (excluding diaryl/α,β-unsaturated/α-hetero) is 2. The van der Waals surface area contributed by atoms with Gasteiger partial charge in [0.25, 0.3) is 0 Å². The minimum absolute atomic E-state index is 0.0241. The lowest BCUT2D eigenvalue weighted by Crippen LogP contribution is -2.33. The van der Waals surface area contributed by atoms with Gasteiger partial charge in [0.15, 0.2) is 11.6 Å². The van der Waals surface area contributed by atoms with Crippen LogP contribution in [-0.4, -0.2) is 83.8 Å². The first-order chi connectivity index (χ1) is 24.6. The van der Waals surface area contributed by atoms with Crippen LogP contribution in [0, 0.1) is 13.8 Å². The normalized spacial score (nSPS) is 18.2. The Morgan fingerprint density at radius 2 is 0.962 bits per heavy atom. The van der Waals surface area contributed by atoms with Gasteiger partial charge in [-0.1, -0.05) is 0 Å². The number of carbonyl (C=O) groups excluding carboxylic acids is 6. The molecular weight excluding hydrogens is 672 g/mol. The summed E-state index contributed by atoms with van der Waals surface area (Å²) in [6.07, 6.45) is 0.104. The molecule has 0 aromatic carbocycles. The number of hydrogen-bond donors (Lipinski definition) is 2. The first kappa shape index (κ1) is 37.6. The predicted octanol–water partition coefficient (Wildman–Crippen LogP) is 4.55. The highest BCUT2D eigenvalue weighted by atomic mass is 16.5. The summed E-state index contributed by atoms with van der Waals surface area (Å²) in [5.41, 5.74) is 2.85. The molecule has 274 valence electrons. The lowest BCUT2D eigenvalue weighted by atomic mass is 9.78. The van der Waals surface area contributed by atoms with E-state index in [0.717, 1.165) is 22.3 Å². The van der Waals surface area contributed by atoms with E-state index in [1.165, 1.54) is 34.5 Å². The van der Waals surface area contributed by atoms with Crippen LogP contribution < -0.4 is 0 Å². The van der Waals surface area contributed by atoms with Gasteiger partial charge in [-0.15, -0.1) is 0 Å². The van der Waals surface area contributed by atoms with Crippen LogP contribution in [0.2, 0.25) is 0 Å². The van der Waals surface area contributed by atoms with E-state index in [1.807, 2.05) is 19.9 Å². The number of aromatic amines is 2. The third-order valence-corrected chi connectivity index (χ3v) is 10.2. The molecule has 0 saturated carbocycles. The zero-order valence-corrected chi connectivity index (χ0v) is 30.5. The Morgan fingerprint density at radius 3 is 1.38 bits per heavy atom. The summed E-state index contributed by atoms with van der Waals surface area (Å²) >= 11 is 0. The Balaban J connectivity index is 1.94. The number of esters is 4. The van der Waals surface area contributed by atoms with Gasteiger partial charge >= 0.3 is 23.9 Å². The molecule has 14 nitrogen and oxygen atoms in total. The average molecular weight is 715 g/mol.